The van der Waals surface area contributed by atoms with E-state index in [1.165, 1.54) is 17.5 Å². The number of benzene rings is 2. The maximum absolute atomic E-state index is 12.9. The maximum Gasteiger partial charge on any atom is 0.338 e. The summed E-state index contributed by atoms with van der Waals surface area (Å²) in [6, 6.07) is 15.3. The van der Waals surface area contributed by atoms with Crippen molar-refractivity contribution in [3.05, 3.63) is 70.8 Å². The first-order valence-corrected chi connectivity index (χ1v) is 12.9. The van der Waals surface area contributed by atoms with Crippen molar-refractivity contribution in [3.8, 4) is 0 Å². The van der Waals surface area contributed by atoms with Crippen molar-refractivity contribution >= 4 is 11.9 Å². The molecule has 1 unspecified atom stereocenters. The van der Waals surface area contributed by atoms with Gasteiger partial charge in [-0.1, -0.05) is 71.2 Å². The maximum atomic E-state index is 12.9. The normalized spacial score (nSPS) is 15.4. The highest BCUT2D eigenvalue weighted by Crippen LogP contribution is 2.29. The van der Waals surface area contributed by atoms with Gasteiger partial charge < -0.3 is 9.47 Å². The van der Waals surface area contributed by atoms with Gasteiger partial charge in [-0.05, 0) is 78.8 Å². The molecular formula is C30H40O4. The van der Waals surface area contributed by atoms with Crippen molar-refractivity contribution in [3.63, 3.8) is 0 Å². The van der Waals surface area contributed by atoms with Crippen LogP contribution in [0.5, 0.6) is 0 Å². The quantitative estimate of drug-likeness (QED) is 0.354. The molecule has 0 heterocycles. The topological polar surface area (TPSA) is 52.6 Å². The van der Waals surface area contributed by atoms with Crippen LogP contribution in [0.2, 0.25) is 0 Å². The van der Waals surface area contributed by atoms with Crippen LogP contribution in [0.3, 0.4) is 0 Å². The fraction of sp³-hybridized carbons (Fsp3) is 0.533. The lowest BCUT2D eigenvalue weighted by Gasteiger charge is -2.29. The predicted molar refractivity (Wildman–Crippen MR) is 136 cm³/mol. The van der Waals surface area contributed by atoms with E-state index < -0.39 is 6.10 Å². The van der Waals surface area contributed by atoms with Crippen molar-refractivity contribution < 1.29 is 19.1 Å². The van der Waals surface area contributed by atoms with Crippen LogP contribution in [0, 0.1) is 17.8 Å². The molecule has 1 aliphatic rings. The molecule has 2 aromatic rings. The van der Waals surface area contributed by atoms with Crippen LogP contribution in [0.4, 0.5) is 0 Å². The van der Waals surface area contributed by atoms with Gasteiger partial charge in [-0.15, -0.1) is 0 Å². The summed E-state index contributed by atoms with van der Waals surface area (Å²) >= 11 is 0. The van der Waals surface area contributed by atoms with Gasteiger partial charge in [0.15, 0.2) is 0 Å². The zero-order valence-electron chi connectivity index (χ0n) is 21.2. The summed E-state index contributed by atoms with van der Waals surface area (Å²) in [7, 11) is 0. The SMILES string of the molecule is CC(C)Cc1ccc(C(=O)OCC(OC(=O)c2ccc(CC(C)C)cc2)C2CCCCC2)cc1. The van der Waals surface area contributed by atoms with Crippen LogP contribution in [0.15, 0.2) is 48.5 Å². The monoisotopic (exact) mass is 464 g/mol. The number of hydrogen-bond donors (Lipinski definition) is 0. The van der Waals surface area contributed by atoms with Crippen LogP contribution in [0.25, 0.3) is 0 Å². The Balaban J connectivity index is 1.62. The molecule has 0 amide bonds. The van der Waals surface area contributed by atoms with Crippen molar-refractivity contribution in [2.45, 2.75) is 78.7 Å². The summed E-state index contributed by atoms with van der Waals surface area (Å²) in [5.41, 5.74) is 3.49. The molecule has 0 aromatic heterocycles. The largest absolute Gasteiger partial charge is 0.458 e. The Hall–Kier alpha value is -2.62. The lowest BCUT2D eigenvalue weighted by Crippen LogP contribution is -2.33. The second-order valence-electron chi connectivity index (χ2n) is 10.5. The van der Waals surface area contributed by atoms with Crippen molar-refractivity contribution in [1.82, 2.24) is 0 Å². The molecule has 0 aliphatic heterocycles. The third kappa shape index (κ3) is 8.00. The van der Waals surface area contributed by atoms with E-state index in [4.69, 9.17) is 9.47 Å². The Morgan fingerprint density at radius 1 is 0.735 bits per heavy atom. The first-order chi connectivity index (χ1) is 16.3. The second-order valence-corrected chi connectivity index (χ2v) is 10.5. The zero-order chi connectivity index (χ0) is 24.5. The molecule has 0 spiro atoms. The molecule has 1 atom stereocenters. The third-order valence-electron chi connectivity index (χ3n) is 6.48. The van der Waals surface area contributed by atoms with Crippen LogP contribution in [-0.2, 0) is 22.3 Å². The minimum Gasteiger partial charge on any atom is -0.458 e. The van der Waals surface area contributed by atoms with Gasteiger partial charge in [-0.2, -0.15) is 0 Å². The van der Waals surface area contributed by atoms with Gasteiger partial charge in [-0.3, -0.25) is 0 Å². The number of esters is 2. The average Bonchev–Trinajstić information content (AvgIpc) is 2.82. The predicted octanol–water partition coefficient (Wildman–Crippen LogP) is 7.05. The molecule has 1 saturated carbocycles. The fourth-order valence-electron chi connectivity index (χ4n) is 4.72. The Bertz CT molecular complexity index is 906. The molecule has 0 saturated heterocycles. The number of ether oxygens (including phenoxy) is 2. The average molecular weight is 465 g/mol. The molecular weight excluding hydrogens is 424 g/mol. The smallest absolute Gasteiger partial charge is 0.338 e. The summed E-state index contributed by atoms with van der Waals surface area (Å²) < 4.78 is 11.6. The highest BCUT2D eigenvalue weighted by atomic mass is 16.6. The van der Waals surface area contributed by atoms with Gasteiger partial charge in [-0.25, -0.2) is 9.59 Å². The Labute approximate surface area is 205 Å². The fourth-order valence-corrected chi connectivity index (χ4v) is 4.72. The van der Waals surface area contributed by atoms with E-state index in [0.717, 1.165) is 38.5 Å². The number of carbonyl (C=O) groups is 2. The van der Waals surface area contributed by atoms with E-state index in [1.54, 1.807) is 0 Å². The third-order valence-corrected chi connectivity index (χ3v) is 6.48. The van der Waals surface area contributed by atoms with Gasteiger partial charge in [0, 0.05) is 0 Å². The minimum atomic E-state index is -0.424. The van der Waals surface area contributed by atoms with Crippen LogP contribution in [0.1, 0.15) is 91.6 Å². The first kappa shape index (κ1) is 26.0. The zero-order valence-corrected chi connectivity index (χ0v) is 21.2. The minimum absolute atomic E-state index is 0.0917. The van der Waals surface area contributed by atoms with E-state index in [2.05, 4.69) is 27.7 Å². The van der Waals surface area contributed by atoms with E-state index in [9.17, 15) is 9.59 Å². The van der Waals surface area contributed by atoms with Gasteiger partial charge in [0.25, 0.3) is 0 Å². The number of hydrogen-bond acceptors (Lipinski definition) is 4. The van der Waals surface area contributed by atoms with Crippen molar-refractivity contribution in [1.29, 1.82) is 0 Å². The van der Waals surface area contributed by atoms with Gasteiger partial charge in [0.2, 0.25) is 0 Å². The van der Waals surface area contributed by atoms with E-state index >= 15 is 0 Å². The Morgan fingerprint density at radius 2 is 1.21 bits per heavy atom. The lowest BCUT2D eigenvalue weighted by atomic mass is 9.85. The van der Waals surface area contributed by atoms with Gasteiger partial charge in [0.05, 0.1) is 11.1 Å². The highest BCUT2D eigenvalue weighted by molar-refractivity contribution is 5.90. The molecule has 2 aromatic carbocycles. The van der Waals surface area contributed by atoms with E-state index in [1.807, 2.05) is 48.5 Å². The second kappa shape index (κ2) is 12.7. The van der Waals surface area contributed by atoms with Crippen LogP contribution < -0.4 is 0 Å². The number of carbonyl (C=O) groups excluding carboxylic acids is 2. The molecule has 4 nitrogen and oxygen atoms in total. The standard InChI is InChI=1S/C30H40O4/c1-21(2)18-23-10-14-26(15-11-23)29(31)33-20-28(25-8-6-5-7-9-25)34-30(32)27-16-12-24(13-17-27)19-22(3)4/h10-17,21-22,25,28H,5-9,18-20H2,1-4H3. The molecule has 4 heteroatoms. The Morgan fingerprint density at radius 3 is 1.68 bits per heavy atom. The number of rotatable bonds is 10. The molecule has 0 N–H and O–H groups in total. The summed E-state index contributed by atoms with van der Waals surface area (Å²) in [4.78, 5) is 25.6. The molecule has 1 fully saturated rings. The van der Waals surface area contributed by atoms with Crippen molar-refractivity contribution in [2.24, 2.45) is 17.8 Å². The summed E-state index contributed by atoms with van der Waals surface area (Å²) in [6.45, 7) is 8.80. The summed E-state index contributed by atoms with van der Waals surface area (Å²) in [5, 5.41) is 0. The lowest BCUT2D eigenvalue weighted by molar-refractivity contribution is -0.0247. The van der Waals surface area contributed by atoms with Gasteiger partial charge >= 0.3 is 11.9 Å². The van der Waals surface area contributed by atoms with Gasteiger partial charge in [0.1, 0.15) is 12.7 Å². The molecule has 3 rings (SSSR count). The van der Waals surface area contributed by atoms with Crippen molar-refractivity contribution in [2.75, 3.05) is 6.61 Å². The van der Waals surface area contributed by atoms with E-state index in [0.29, 0.717) is 23.0 Å². The molecule has 0 bridgehead atoms. The van der Waals surface area contributed by atoms with Crippen LogP contribution in [-0.4, -0.2) is 24.6 Å². The Kier molecular flexibility index (Phi) is 9.74. The molecule has 0 radical (unpaired) electrons. The van der Waals surface area contributed by atoms with Crippen LogP contribution >= 0.6 is 0 Å². The summed E-state index contributed by atoms with van der Waals surface area (Å²) in [5.74, 6) is 0.635. The molecule has 1 aliphatic carbocycles. The highest BCUT2D eigenvalue weighted by Gasteiger charge is 2.29. The first-order valence-electron chi connectivity index (χ1n) is 12.9. The summed E-state index contributed by atoms with van der Waals surface area (Å²) in [6.07, 6.45) is 6.97. The van der Waals surface area contributed by atoms with E-state index in [-0.39, 0.29) is 24.5 Å². The molecule has 184 valence electrons. The molecule has 34 heavy (non-hydrogen) atoms.